The summed E-state index contributed by atoms with van der Waals surface area (Å²) < 4.78 is 13.3. The van der Waals surface area contributed by atoms with E-state index in [4.69, 9.17) is 15.2 Å². The van der Waals surface area contributed by atoms with Gasteiger partial charge in [0.05, 0.1) is 19.3 Å². The molecular formula is C18H16N2O3. The zero-order chi connectivity index (χ0) is 16.0. The van der Waals surface area contributed by atoms with E-state index in [-0.39, 0.29) is 0 Å². The molecule has 3 aromatic rings. The molecule has 23 heavy (non-hydrogen) atoms. The van der Waals surface area contributed by atoms with Gasteiger partial charge in [-0.3, -0.25) is 4.79 Å². The lowest BCUT2D eigenvalue weighted by Gasteiger charge is -2.08. The van der Waals surface area contributed by atoms with E-state index >= 15 is 0 Å². The minimum atomic E-state index is -0.419. The monoisotopic (exact) mass is 308 g/mol. The van der Waals surface area contributed by atoms with Gasteiger partial charge in [0.1, 0.15) is 18.1 Å². The number of primary amides is 1. The van der Waals surface area contributed by atoms with Crippen molar-refractivity contribution < 1.29 is 14.3 Å². The second-order valence-electron chi connectivity index (χ2n) is 5.53. The topological polar surface area (TPSA) is 66.5 Å². The average molecular weight is 308 g/mol. The van der Waals surface area contributed by atoms with E-state index < -0.39 is 5.91 Å². The van der Waals surface area contributed by atoms with Crippen molar-refractivity contribution in [3.05, 3.63) is 48.0 Å². The molecule has 5 nitrogen and oxygen atoms in total. The molecule has 1 aromatic heterocycles. The molecule has 1 amide bonds. The summed E-state index contributed by atoms with van der Waals surface area (Å²) in [6.07, 6.45) is 0. The van der Waals surface area contributed by atoms with Crippen molar-refractivity contribution >= 4 is 16.8 Å². The summed E-state index contributed by atoms with van der Waals surface area (Å²) in [5.41, 5.74) is 8.98. The van der Waals surface area contributed by atoms with Crippen LogP contribution in [0.1, 0.15) is 10.4 Å². The van der Waals surface area contributed by atoms with Crippen LogP contribution in [0.4, 0.5) is 0 Å². The Bertz CT molecular complexity index is 927. The summed E-state index contributed by atoms with van der Waals surface area (Å²) in [5.74, 6) is 1.16. The number of hydrogen-bond acceptors (Lipinski definition) is 3. The van der Waals surface area contributed by atoms with E-state index in [1.807, 2.05) is 30.3 Å². The zero-order valence-electron chi connectivity index (χ0n) is 12.7. The maximum atomic E-state index is 11.4. The molecule has 2 aromatic carbocycles. The summed E-state index contributed by atoms with van der Waals surface area (Å²) in [5, 5.41) is 1.08. The maximum absolute atomic E-state index is 11.4. The van der Waals surface area contributed by atoms with Gasteiger partial charge < -0.3 is 19.8 Å². The molecule has 0 aliphatic carbocycles. The van der Waals surface area contributed by atoms with Crippen molar-refractivity contribution in [2.45, 2.75) is 6.54 Å². The predicted molar refractivity (Wildman–Crippen MR) is 87.9 cm³/mol. The number of amides is 1. The Balaban J connectivity index is 1.96. The third-order valence-electron chi connectivity index (χ3n) is 4.23. The van der Waals surface area contributed by atoms with Gasteiger partial charge in [0, 0.05) is 28.1 Å². The molecule has 0 radical (unpaired) electrons. The summed E-state index contributed by atoms with van der Waals surface area (Å²) in [6, 6.07) is 13.5. The van der Waals surface area contributed by atoms with Gasteiger partial charge in [-0.1, -0.05) is 6.07 Å². The van der Waals surface area contributed by atoms with Gasteiger partial charge in [0.15, 0.2) is 0 Å². The second-order valence-corrected chi connectivity index (χ2v) is 5.53. The third kappa shape index (κ3) is 2.12. The van der Waals surface area contributed by atoms with Crippen molar-refractivity contribution in [2.24, 2.45) is 5.73 Å². The van der Waals surface area contributed by atoms with Crippen molar-refractivity contribution in [1.82, 2.24) is 4.57 Å². The summed E-state index contributed by atoms with van der Waals surface area (Å²) in [6.45, 7) is 1.26. The van der Waals surface area contributed by atoms with Crippen LogP contribution < -0.4 is 15.2 Å². The number of nitrogens with zero attached hydrogens (tertiary/aromatic N) is 1. The van der Waals surface area contributed by atoms with Crippen LogP contribution in [0.15, 0.2) is 42.5 Å². The lowest BCUT2D eigenvalue weighted by molar-refractivity contribution is 0.100. The number of methoxy groups -OCH3 is 1. The van der Waals surface area contributed by atoms with Crippen LogP contribution >= 0.6 is 0 Å². The van der Waals surface area contributed by atoms with Crippen LogP contribution in [0.25, 0.3) is 22.2 Å². The molecule has 1 aliphatic heterocycles. The first-order valence-corrected chi connectivity index (χ1v) is 7.41. The zero-order valence-corrected chi connectivity index (χ0v) is 12.7. The number of carbonyl (C=O) groups excluding carboxylic acids is 1. The highest BCUT2D eigenvalue weighted by Gasteiger charge is 2.19. The highest BCUT2D eigenvalue weighted by molar-refractivity contribution is 5.98. The fraction of sp³-hybridized carbons (Fsp3) is 0.167. The molecular weight excluding hydrogens is 292 g/mol. The summed E-state index contributed by atoms with van der Waals surface area (Å²) >= 11 is 0. The number of fused-ring (bicyclic) bond motifs is 5. The van der Waals surface area contributed by atoms with Crippen molar-refractivity contribution in [1.29, 1.82) is 0 Å². The first kappa shape index (κ1) is 13.7. The summed E-state index contributed by atoms with van der Waals surface area (Å²) in [7, 11) is 1.64. The van der Waals surface area contributed by atoms with Gasteiger partial charge >= 0.3 is 0 Å². The Morgan fingerprint density at radius 3 is 2.87 bits per heavy atom. The lowest BCUT2D eigenvalue weighted by Crippen LogP contribution is -2.11. The van der Waals surface area contributed by atoms with Gasteiger partial charge in [-0.15, -0.1) is 0 Å². The Morgan fingerprint density at radius 2 is 2.09 bits per heavy atom. The van der Waals surface area contributed by atoms with Crippen LogP contribution in [0.2, 0.25) is 0 Å². The number of hydrogen-bond donors (Lipinski definition) is 1. The first-order chi connectivity index (χ1) is 11.2. The molecule has 5 heteroatoms. The number of aromatic nitrogens is 1. The van der Waals surface area contributed by atoms with Crippen molar-refractivity contribution in [3.8, 4) is 22.8 Å². The van der Waals surface area contributed by atoms with E-state index in [2.05, 4.69) is 10.6 Å². The first-order valence-electron chi connectivity index (χ1n) is 7.41. The van der Waals surface area contributed by atoms with Gasteiger partial charge in [-0.25, -0.2) is 0 Å². The van der Waals surface area contributed by atoms with Gasteiger partial charge in [0.25, 0.3) is 0 Å². The molecule has 0 fully saturated rings. The molecule has 0 bridgehead atoms. The number of nitrogens with two attached hydrogens (primary N) is 1. The Labute approximate surface area is 133 Å². The number of carbonyl (C=O) groups is 1. The predicted octanol–water partition coefficient (Wildman–Crippen LogP) is 2.81. The molecule has 2 heterocycles. The lowest BCUT2D eigenvalue weighted by atomic mass is 10.1. The molecule has 1 aliphatic rings. The van der Waals surface area contributed by atoms with Crippen LogP contribution in [-0.2, 0) is 6.54 Å². The Morgan fingerprint density at radius 1 is 1.22 bits per heavy atom. The largest absolute Gasteiger partial charge is 0.497 e. The second kappa shape index (κ2) is 5.05. The SMILES string of the molecule is COc1ccc2c(c1)OCCn1c-2cc2ccc(C(N)=O)cc21. The fourth-order valence-corrected chi connectivity index (χ4v) is 3.08. The van der Waals surface area contributed by atoms with Gasteiger partial charge in [-0.2, -0.15) is 0 Å². The smallest absolute Gasteiger partial charge is 0.248 e. The molecule has 0 saturated carbocycles. The van der Waals surface area contributed by atoms with E-state index in [0.717, 1.165) is 33.7 Å². The molecule has 0 unspecified atom stereocenters. The highest BCUT2D eigenvalue weighted by Crippen LogP contribution is 2.38. The Hall–Kier alpha value is -2.95. The van der Waals surface area contributed by atoms with Crippen LogP contribution in [-0.4, -0.2) is 24.2 Å². The minimum absolute atomic E-state index is 0.419. The van der Waals surface area contributed by atoms with Gasteiger partial charge in [0.2, 0.25) is 5.91 Å². The molecule has 0 atom stereocenters. The number of rotatable bonds is 2. The van der Waals surface area contributed by atoms with E-state index in [9.17, 15) is 4.79 Å². The Kier molecular flexibility index (Phi) is 3.01. The van der Waals surface area contributed by atoms with Crippen LogP contribution in [0, 0.1) is 0 Å². The quantitative estimate of drug-likeness (QED) is 0.791. The molecule has 0 saturated heterocycles. The van der Waals surface area contributed by atoms with E-state index in [1.54, 1.807) is 13.2 Å². The van der Waals surface area contributed by atoms with E-state index in [0.29, 0.717) is 18.7 Å². The molecule has 0 spiro atoms. The van der Waals surface area contributed by atoms with Crippen molar-refractivity contribution in [3.63, 3.8) is 0 Å². The fourth-order valence-electron chi connectivity index (χ4n) is 3.08. The normalized spacial score (nSPS) is 12.9. The highest BCUT2D eigenvalue weighted by atomic mass is 16.5. The van der Waals surface area contributed by atoms with Gasteiger partial charge in [-0.05, 0) is 30.3 Å². The number of benzene rings is 2. The maximum Gasteiger partial charge on any atom is 0.248 e. The van der Waals surface area contributed by atoms with E-state index in [1.165, 1.54) is 0 Å². The molecule has 116 valence electrons. The average Bonchev–Trinajstić information content (AvgIpc) is 2.82. The standard InChI is InChI=1S/C18H16N2O3/c1-22-13-4-5-14-16-8-11-2-3-12(18(19)21)9-15(11)20(16)6-7-23-17(14)10-13/h2-5,8-10H,6-7H2,1H3,(H2,19,21). The molecule has 4 rings (SSSR count). The third-order valence-corrected chi connectivity index (χ3v) is 4.23. The van der Waals surface area contributed by atoms with Crippen LogP contribution in [0.5, 0.6) is 11.5 Å². The molecule has 2 N–H and O–H groups in total. The minimum Gasteiger partial charge on any atom is -0.497 e. The van der Waals surface area contributed by atoms with Crippen LogP contribution in [0.3, 0.4) is 0 Å². The number of ether oxygens (including phenoxy) is 2. The summed E-state index contributed by atoms with van der Waals surface area (Å²) in [4.78, 5) is 11.4. The van der Waals surface area contributed by atoms with Crippen molar-refractivity contribution in [2.75, 3.05) is 13.7 Å².